The number of nitro groups is 1. The highest BCUT2D eigenvalue weighted by molar-refractivity contribution is 6.17. The van der Waals surface area contributed by atoms with Gasteiger partial charge < -0.3 is 10.3 Å². The van der Waals surface area contributed by atoms with Gasteiger partial charge in [-0.2, -0.15) is 0 Å². The highest BCUT2D eigenvalue weighted by Crippen LogP contribution is 2.12. The molecule has 0 saturated carbocycles. The average molecular weight is 260 g/mol. The summed E-state index contributed by atoms with van der Waals surface area (Å²) in [6.45, 7) is 1.86. The van der Waals surface area contributed by atoms with E-state index in [0.717, 1.165) is 12.8 Å². The fraction of sp³-hybridized carbons (Fsp3) is 0.500. The lowest BCUT2D eigenvalue weighted by Crippen LogP contribution is -2.32. The number of carbonyl (C=O) groups is 1. The Balaban J connectivity index is 2.54. The Labute approximate surface area is 103 Å². The Morgan fingerprint density at radius 1 is 1.71 bits per heavy atom. The van der Waals surface area contributed by atoms with Crippen molar-refractivity contribution < 1.29 is 9.72 Å². The van der Waals surface area contributed by atoms with Gasteiger partial charge in [0.2, 0.25) is 0 Å². The van der Waals surface area contributed by atoms with E-state index in [1.165, 1.54) is 12.3 Å². The number of aromatic nitrogens is 1. The quantitative estimate of drug-likeness (QED) is 0.466. The number of hydrogen-bond donors (Lipinski definition) is 2. The first-order chi connectivity index (χ1) is 8.04. The molecule has 0 aliphatic rings. The molecule has 2 N–H and O–H groups in total. The van der Waals surface area contributed by atoms with Gasteiger partial charge in [0, 0.05) is 18.0 Å². The van der Waals surface area contributed by atoms with Gasteiger partial charge in [-0.3, -0.25) is 14.9 Å². The largest absolute Gasteiger partial charge is 0.351 e. The zero-order valence-electron chi connectivity index (χ0n) is 9.40. The number of alkyl halides is 1. The summed E-state index contributed by atoms with van der Waals surface area (Å²) >= 11 is 5.54. The zero-order chi connectivity index (χ0) is 12.8. The molecular formula is C10H14ClN3O3. The van der Waals surface area contributed by atoms with Crippen LogP contribution in [-0.4, -0.2) is 27.7 Å². The molecule has 0 radical (unpaired) electrons. The third-order valence-corrected chi connectivity index (χ3v) is 2.54. The summed E-state index contributed by atoms with van der Waals surface area (Å²) in [5.41, 5.74) is 0.0676. The number of H-pyrrole nitrogens is 1. The fourth-order valence-electron chi connectivity index (χ4n) is 1.38. The molecule has 1 rings (SSSR count). The number of nitrogens with one attached hydrogen (secondary N) is 2. The van der Waals surface area contributed by atoms with E-state index >= 15 is 0 Å². The molecule has 0 spiro atoms. The Hall–Kier alpha value is -1.56. The van der Waals surface area contributed by atoms with Gasteiger partial charge >= 0.3 is 0 Å². The molecule has 0 fully saturated rings. The van der Waals surface area contributed by atoms with Crippen molar-refractivity contribution in [2.75, 3.05) is 5.88 Å². The number of hydrogen-bond acceptors (Lipinski definition) is 3. The van der Waals surface area contributed by atoms with Crippen LogP contribution in [0.4, 0.5) is 5.69 Å². The number of amides is 1. The highest BCUT2D eigenvalue weighted by Gasteiger charge is 2.15. The van der Waals surface area contributed by atoms with Crippen LogP contribution in [0.25, 0.3) is 0 Å². The van der Waals surface area contributed by atoms with Crippen LogP contribution in [0.5, 0.6) is 0 Å². The maximum atomic E-state index is 11.7. The van der Waals surface area contributed by atoms with Crippen LogP contribution in [0.15, 0.2) is 12.3 Å². The number of aromatic amines is 1. The Morgan fingerprint density at radius 3 is 2.94 bits per heavy atom. The minimum atomic E-state index is -0.551. The zero-order valence-corrected chi connectivity index (χ0v) is 10.2. The molecule has 0 aliphatic heterocycles. The van der Waals surface area contributed by atoms with Gasteiger partial charge in [0.1, 0.15) is 5.69 Å². The van der Waals surface area contributed by atoms with Gasteiger partial charge in [0.25, 0.3) is 11.6 Å². The number of carbonyl (C=O) groups excluding carboxylic acids is 1. The van der Waals surface area contributed by atoms with Crippen molar-refractivity contribution in [1.29, 1.82) is 0 Å². The molecule has 0 aliphatic carbocycles. The molecule has 7 heteroatoms. The van der Waals surface area contributed by atoms with Crippen LogP contribution in [0, 0.1) is 10.1 Å². The summed E-state index contributed by atoms with van der Waals surface area (Å²) < 4.78 is 0. The van der Waals surface area contributed by atoms with Crippen molar-refractivity contribution >= 4 is 23.2 Å². The summed E-state index contributed by atoms with van der Waals surface area (Å²) in [4.78, 5) is 24.1. The third-order valence-electron chi connectivity index (χ3n) is 2.27. The molecular weight excluding hydrogens is 246 g/mol. The Kier molecular flexibility index (Phi) is 4.96. The third kappa shape index (κ3) is 4.07. The molecule has 6 nitrogen and oxygen atoms in total. The van der Waals surface area contributed by atoms with Gasteiger partial charge in [-0.05, 0) is 19.8 Å². The highest BCUT2D eigenvalue weighted by atomic mass is 35.5. The molecule has 1 aromatic heterocycles. The molecule has 1 atom stereocenters. The number of halogens is 1. The van der Waals surface area contributed by atoms with Gasteiger partial charge in [-0.1, -0.05) is 0 Å². The summed E-state index contributed by atoms with van der Waals surface area (Å²) in [7, 11) is 0. The molecule has 0 bridgehead atoms. The number of rotatable bonds is 6. The molecule has 1 aromatic rings. The van der Waals surface area contributed by atoms with Crippen molar-refractivity contribution in [1.82, 2.24) is 10.3 Å². The Morgan fingerprint density at radius 2 is 2.41 bits per heavy atom. The van der Waals surface area contributed by atoms with E-state index in [4.69, 9.17) is 11.6 Å². The van der Waals surface area contributed by atoms with E-state index in [1.807, 2.05) is 6.92 Å². The molecule has 1 amide bonds. The second-order valence-corrected chi connectivity index (χ2v) is 4.11. The van der Waals surface area contributed by atoms with Gasteiger partial charge in [-0.25, -0.2) is 0 Å². The normalized spacial score (nSPS) is 12.1. The van der Waals surface area contributed by atoms with E-state index in [2.05, 4.69) is 10.3 Å². The first kappa shape index (κ1) is 13.5. The molecule has 1 unspecified atom stereocenters. The lowest BCUT2D eigenvalue weighted by molar-refractivity contribution is -0.384. The predicted octanol–water partition coefficient (Wildman–Crippen LogP) is 2.06. The van der Waals surface area contributed by atoms with Crippen molar-refractivity contribution in [3.05, 3.63) is 28.1 Å². The molecule has 1 heterocycles. The van der Waals surface area contributed by atoms with Crippen LogP contribution in [0.3, 0.4) is 0 Å². The Bertz CT molecular complexity index is 405. The molecule has 17 heavy (non-hydrogen) atoms. The monoisotopic (exact) mass is 259 g/mol. The average Bonchev–Trinajstić information content (AvgIpc) is 2.75. The first-order valence-electron chi connectivity index (χ1n) is 5.24. The lowest BCUT2D eigenvalue weighted by atomic mass is 10.2. The standard InChI is InChI=1S/C10H14ClN3O3/c1-7(3-2-4-11)13-10(15)9-5-8(6-12-9)14(16)17/h5-7,12H,2-4H2,1H3,(H,13,15). The lowest BCUT2D eigenvalue weighted by Gasteiger charge is -2.11. The van der Waals surface area contributed by atoms with Crippen LogP contribution in [0.1, 0.15) is 30.3 Å². The van der Waals surface area contributed by atoms with Gasteiger partial charge in [-0.15, -0.1) is 11.6 Å². The van der Waals surface area contributed by atoms with Gasteiger partial charge in [0.05, 0.1) is 11.1 Å². The topological polar surface area (TPSA) is 88.0 Å². The second kappa shape index (κ2) is 6.24. The van der Waals surface area contributed by atoms with Gasteiger partial charge in [0.15, 0.2) is 0 Å². The van der Waals surface area contributed by atoms with E-state index in [1.54, 1.807) is 0 Å². The number of nitrogens with zero attached hydrogens (tertiary/aromatic N) is 1. The molecule has 0 saturated heterocycles. The molecule has 94 valence electrons. The van der Waals surface area contributed by atoms with E-state index in [-0.39, 0.29) is 23.3 Å². The maximum Gasteiger partial charge on any atom is 0.287 e. The minimum absolute atomic E-state index is 0.0105. The smallest absolute Gasteiger partial charge is 0.287 e. The van der Waals surface area contributed by atoms with Crippen LogP contribution >= 0.6 is 11.6 Å². The summed E-state index contributed by atoms with van der Waals surface area (Å²) in [6.07, 6.45) is 2.78. The summed E-state index contributed by atoms with van der Waals surface area (Å²) in [6, 6.07) is 1.20. The minimum Gasteiger partial charge on any atom is -0.351 e. The van der Waals surface area contributed by atoms with Crippen LogP contribution in [-0.2, 0) is 0 Å². The van der Waals surface area contributed by atoms with Crippen molar-refractivity contribution in [3.8, 4) is 0 Å². The van der Waals surface area contributed by atoms with E-state index < -0.39 is 4.92 Å². The van der Waals surface area contributed by atoms with E-state index in [0.29, 0.717) is 5.88 Å². The summed E-state index contributed by atoms with van der Waals surface area (Å²) in [5.74, 6) is 0.203. The second-order valence-electron chi connectivity index (χ2n) is 3.73. The maximum absolute atomic E-state index is 11.7. The van der Waals surface area contributed by atoms with Crippen molar-refractivity contribution in [3.63, 3.8) is 0 Å². The fourth-order valence-corrected chi connectivity index (χ4v) is 1.53. The first-order valence-corrected chi connectivity index (χ1v) is 5.77. The SMILES string of the molecule is CC(CCCCl)NC(=O)c1cc([N+](=O)[O-])c[nH]1. The molecule has 0 aromatic carbocycles. The van der Waals surface area contributed by atoms with Crippen molar-refractivity contribution in [2.45, 2.75) is 25.8 Å². The van der Waals surface area contributed by atoms with Crippen molar-refractivity contribution in [2.24, 2.45) is 0 Å². The van der Waals surface area contributed by atoms with Crippen LogP contribution < -0.4 is 5.32 Å². The summed E-state index contributed by atoms with van der Waals surface area (Å²) in [5, 5.41) is 13.2. The predicted molar refractivity (Wildman–Crippen MR) is 64.3 cm³/mol. The van der Waals surface area contributed by atoms with Crippen LogP contribution in [0.2, 0.25) is 0 Å². The van der Waals surface area contributed by atoms with E-state index in [9.17, 15) is 14.9 Å².